The third-order valence-corrected chi connectivity index (χ3v) is 8.25. The largest absolute Gasteiger partial charge is 0.467 e. The summed E-state index contributed by atoms with van der Waals surface area (Å²) in [5, 5.41) is 0.915. The zero-order chi connectivity index (χ0) is 27.8. The molecular formula is C32H23ClN2O5. The van der Waals surface area contributed by atoms with Gasteiger partial charge >= 0.3 is 0 Å². The van der Waals surface area contributed by atoms with Gasteiger partial charge in [-0.3, -0.25) is 14.4 Å². The third-order valence-electron chi connectivity index (χ3n) is 8.00. The normalized spacial score (nSPS) is 17.8. The van der Waals surface area contributed by atoms with Gasteiger partial charge in [0.1, 0.15) is 11.3 Å². The minimum absolute atomic E-state index is 0.0290. The Morgan fingerprint density at radius 1 is 0.875 bits per heavy atom. The lowest BCUT2D eigenvalue weighted by molar-refractivity contribution is -0.126. The molecule has 3 aromatic carbocycles. The summed E-state index contributed by atoms with van der Waals surface area (Å²) < 4.78 is 11.8. The number of hydrogen-bond donors (Lipinski definition) is 0. The number of carbonyl (C=O) groups is 2. The maximum atomic E-state index is 14.8. The molecule has 2 aromatic heterocycles. The van der Waals surface area contributed by atoms with Gasteiger partial charge in [-0.2, -0.15) is 0 Å². The first-order valence-corrected chi connectivity index (χ1v) is 13.3. The molecule has 2 aliphatic rings. The minimum atomic E-state index is -1.73. The van der Waals surface area contributed by atoms with Crippen LogP contribution in [0.3, 0.4) is 0 Å². The number of aryl methyl sites for hydroxylation is 2. The van der Waals surface area contributed by atoms with E-state index >= 15 is 0 Å². The van der Waals surface area contributed by atoms with Gasteiger partial charge in [0.15, 0.2) is 11.0 Å². The number of para-hydroxylation sites is 1. The van der Waals surface area contributed by atoms with Gasteiger partial charge < -0.3 is 18.6 Å². The van der Waals surface area contributed by atoms with E-state index in [2.05, 4.69) is 0 Å². The lowest BCUT2D eigenvalue weighted by Crippen LogP contribution is -2.52. The summed E-state index contributed by atoms with van der Waals surface area (Å²) in [6.07, 6.45) is 1.51. The number of benzene rings is 3. The smallest absolute Gasteiger partial charge is 0.291 e. The zero-order valence-corrected chi connectivity index (χ0v) is 22.5. The van der Waals surface area contributed by atoms with Crippen molar-refractivity contribution in [3.8, 4) is 0 Å². The van der Waals surface area contributed by atoms with Crippen LogP contribution in [-0.2, 0) is 23.4 Å². The van der Waals surface area contributed by atoms with Crippen LogP contribution in [0.5, 0.6) is 0 Å². The topological polar surface area (TPSA) is 84.0 Å². The molecule has 1 spiro atoms. The highest BCUT2D eigenvalue weighted by Gasteiger charge is 2.65. The summed E-state index contributed by atoms with van der Waals surface area (Å²) in [5.41, 5.74) is 2.08. The van der Waals surface area contributed by atoms with Crippen molar-refractivity contribution in [2.24, 2.45) is 0 Å². The molecule has 2 aliphatic heterocycles. The molecule has 7 nitrogen and oxygen atoms in total. The monoisotopic (exact) mass is 550 g/mol. The summed E-state index contributed by atoms with van der Waals surface area (Å²) >= 11 is 6.10. The lowest BCUT2D eigenvalue weighted by Gasteiger charge is -2.33. The first-order valence-electron chi connectivity index (χ1n) is 12.9. The van der Waals surface area contributed by atoms with Gasteiger partial charge in [0.2, 0.25) is 5.76 Å². The third kappa shape index (κ3) is 3.27. The van der Waals surface area contributed by atoms with Crippen molar-refractivity contribution in [2.75, 3.05) is 4.90 Å². The van der Waals surface area contributed by atoms with Crippen LogP contribution in [0.4, 0.5) is 5.69 Å². The molecule has 198 valence electrons. The summed E-state index contributed by atoms with van der Waals surface area (Å²) in [4.78, 5) is 46.4. The number of furan rings is 1. The molecule has 0 N–H and O–H groups in total. The molecule has 0 fully saturated rings. The van der Waals surface area contributed by atoms with Crippen LogP contribution in [0.2, 0.25) is 5.02 Å². The molecule has 5 aromatic rings. The Balaban J connectivity index is 1.52. The standard InChI is InChI=1S/C32H23ClN2O5/c1-18-14-23-26(15-19(18)2)40-29-27(28(23)36)32(35(30(29)37)17-22-6-5-13-39-22)24-7-3-4-8-25(24)34(31(32)38)16-20-9-11-21(33)12-10-20/h3-15H,16-17H2,1-2H3. The molecular weight excluding hydrogens is 528 g/mol. The van der Waals surface area contributed by atoms with E-state index in [-0.39, 0.29) is 24.4 Å². The fourth-order valence-corrected chi connectivity index (χ4v) is 6.08. The average molecular weight is 551 g/mol. The highest BCUT2D eigenvalue weighted by molar-refractivity contribution is 6.30. The van der Waals surface area contributed by atoms with Crippen LogP contribution in [0, 0.1) is 13.8 Å². The van der Waals surface area contributed by atoms with Crippen molar-refractivity contribution >= 4 is 40.1 Å². The lowest BCUT2D eigenvalue weighted by atomic mass is 9.83. The average Bonchev–Trinajstić information content (AvgIpc) is 3.61. The van der Waals surface area contributed by atoms with Crippen LogP contribution in [0.25, 0.3) is 11.0 Å². The van der Waals surface area contributed by atoms with Crippen LogP contribution in [0.1, 0.15) is 44.1 Å². The molecule has 8 heteroatoms. The molecule has 7 rings (SSSR count). The second-order valence-electron chi connectivity index (χ2n) is 10.3. The van der Waals surface area contributed by atoms with Crippen molar-refractivity contribution < 1.29 is 18.4 Å². The minimum Gasteiger partial charge on any atom is -0.467 e. The van der Waals surface area contributed by atoms with Gasteiger partial charge in [-0.25, -0.2) is 0 Å². The van der Waals surface area contributed by atoms with E-state index in [4.69, 9.17) is 20.4 Å². The predicted molar refractivity (Wildman–Crippen MR) is 150 cm³/mol. The highest BCUT2D eigenvalue weighted by atomic mass is 35.5. The Labute approximate surface area is 234 Å². The molecule has 40 heavy (non-hydrogen) atoms. The van der Waals surface area contributed by atoms with Gasteiger partial charge in [0, 0.05) is 10.6 Å². The number of anilines is 1. The van der Waals surface area contributed by atoms with E-state index < -0.39 is 22.8 Å². The van der Waals surface area contributed by atoms with Gasteiger partial charge in [-0.1, -0.05) is 41.9 Å². The van der Waals surface area contributed by atoms with Crippen molar-refractivity contribution in [2.45, 2.75) is 32.5 Å². The molecule has 1 unspecified atom stereocenters. The number of hydrogen-bond acceptors (Lipinski definition) is 5. The number of amides is 2. The van der Waals surface area contributed by atoms with Crippen LogP contribution >= 0.6 is 11.6 Å². The second-order valence-corrected chi connectivity index (χ2v) is 10.7. The van der Waals surface area contributed by atoms with Gasteiger partial charge in [-0.05, 0) is 73.0 Å². The van der Waals surface area contributed by atoms with Crippen LogP contribution < -0.4 is 10.3 Å². The quantitative estimate of drug-likeness (QED) is 0.270. The Bertz CT molecular complexity index is 1910. The maximum Gasteiger partial charge on any atom is 0.291 e. The molecule has 0 radical (unpaired) electrons. The van der Waals surface area contributed by atoms with Gasteiger partial charge in [0.05, 0.1) is 36.0 Å². The summed E-state index contributed by atoms with van der Waals surface area (Å²) in [6, 6.07) is 21.5. The maximum absolute atomic E-state index is 14.8. The molecule has 0 saturated heterocycles. The van der Waals surface area contributed by atoms with Crippen molar-refractivity contribution in [1.29, 1.82) is 0 Å². The molecule has 1 atom stereocenters. The molecule has 0 aliphatic carbocycles. The number of carbonyl (C=O) groups excluding carboxylic acids is 2. The molecule has 0 bridgehead atoms. The highest BCUT2D eigenvalue weighted by Crippen LogP contribution is 2.53. The van der Waals surface area contributed by atoms with E-state index in [0.29, 0.717) is 33.0 Å². The number of fused-ring (bicyclic) bond motifs is 5. The fourth-order valence-electron chi connectivity index (χ4n) is 5.95. The summed E-state index contributed by atoms with van der Waals surface area (Å²) in [7, 11) is 0. The second kappa shape index (κ2) is 8.69. The van der Waals surface area contributed by atoms with Crippen molar-refractivity contribution in [3.05, 3.63) is 134 Å². The Morgan fingerprint density at radius 2 is 1.62 bits per heavy atom. The fraction of sp³-hybridized carbons (Fsp3) is 0.156. The molecule has 0 saturated carbocycles. The first kappa shape index (κ1) is 24.4. The van der Waals surface area contributed by atoms with Crippen LogP contribution in [0.15, 0.2) is 92.7 Å². The number of nitrogens with zero attached hydrogens (tertiary/aromatic N) is 2. The van der Waals surface area contributed by atoms with Gasteiger partial charge in [-0.15, -0.1) is 0 Å². The van der Waals surface area contributed by atoms with Crippen molar-refractivity contribution in [1.82, 2.24) is 4.90 Å². The van der Waals surface area contributed by atoms with E-state index in [1.807, 2.05) is 44.2 Å². The van der Waals surface area contributed by atoms with E-state index in [1.165, 1.54) is 11.2 Å². The van der Waals surface area contributed by atoms with E-state index in [9.17, 15) is 14.4 Å². The number of halogens is 1. The Hall–Kier alpha value is -4.62. The van der Waals surface area contributed by atoms with E-state index in [0.717, 1.165) is 16.7 Å². The predicted octanol–water partition coefficient (Wildman–Crippen LogP) is 6.10. The first-order chi connectivity index (χ1) is 19.3. The SMILES string of the molecule is Cc1cc2oc3c(c(=O)c2cc1C)C1(C(=O)N(Cc2ccc(Cl)cc2)c2ccccc21)N(Cc1ccco1)C3=O. The van der Waals surface area contributed by atoms with Crippen molar-refractivity contribution in [3.63, 3.8) is 0 Å². The Kier molecular flexibility index (Phi) is 5.31. The summed E-state index contributed by atoms with van der Waals surface area (Å²) in [6.45, 7) is 4.03. The summed E-state index contributed by atoms with van der Waals surface area (Å²) in [5.74, 6) is -0.590. The van der Waals surface area contributed by atoms with Gasteiger partial charge in [0.25, 0.3) is 11.8 Å². The zero-order valence-electron chi connectivity index (χ0n) is 21.7. The molecule has 2 amide bonds. The Morgan fingerprint density at radius 3 is 2.38 bits per heavy atom. The molecule has 4 heterocycles. The van der Waals surface area contributed by atoms with E-state index in [1.54, 1.807) is 47.4 Å². The number of rotatable bonds is 4. The van der Waals surface area contributed by atoms with Crippen LogP contribution in [-0.4, -0.2) is 16.7 Å².